The minimum absolute atomic E-state index is 0.219. The molecule has 1 unspecified atom stereocenters. The van der Waals surface area contributed by atoms with Gasteiger partial charge < -0.3 is 0 Å². The summed E-state index contributed by atoms with van der Waals surface area (Å²) in [6.45, 7) is 2.07. The molecular weight excluding hydrogens is 256 g/mol. The lowest BCUT2D eigenvalue weighted by Gasteiger charge is -2.14. The summed E-state index contributed by atoms with van der Waals surface area (Å²) < 4.78 is 22.3. The molecule has 0 radical (unpaired) electrons. The molecule has 1 aromatic carbocycles. The van der Waals surface area contributed by atoms with Crippen LogP contribution in [0, 0.1) is 12.8 Å². The molecule has 0 aromatic heterocycles. The van der Waals surface area contributed by atoms with Gasteiger partial charge in [0, 0.05) is 12.1 Å². The van der Waals surface area contributed by atoms with Crippen LogP contribution < -0.4 is 0 Å². The van der Waals surface area contributed by atoms with E-state index < -0.39 is 9.84 Å². The van der Waals surface area contributed by atoms with Crippen LogP contribution >= 0.6 is 11.6 Å². The molecule has 0 aliphatic heterocycles. The van der Waals surface area contributed by atoms with Gasteiger partial charge in [-0.15, -0.1) is 11.6 Å². The smallest absolute Gasteiger partial charge is 0.147 e. The number of halogens is 1. The Morgan fingerprint density at radius 2 is 1.94 bits per heavy atom. The average molecular weight is 275 g/mol. The molecule has 0 amide bonds. The van der Waals surface area contributed by atoms with Gasteiger partial charge in [0.05, 0.1) is 5.75 Å². The molecule has 0 aliphatic rings. The maximum absolute atomic E-state index is 11.1. The Labute approximate surface area is 109 Å². The van der Waals surface area contributed by atoms with E-state index in [1.165, 1.54) is 17.4 Å². The van der Waals surface area contributed by atoms with Gasteiger partial charge in [0.25, 0.3) is 0 Å². The van der Waals surface area contributed by atoms with Crippen molar-refractivity contribution in [3.8, 4) is 0 Å². The monoisotopic (exact) mass is 274 g/mol. The highest BCUT2D eigenvalue weighted by Gasteiger charge is 2.13. The minimum atomic E-state index is -2.89. The molecule has 96 valence electrons. The molecule has 0 aliphatic carbocycles. The number of aryl methyl sites for hydroxylation is 1. The predicted octanol–water partition coefficient (Wildman–Crippen LogP) is 2.83. The molecule has 0 fully saturated rings. The summed E-state index contributed by atoms with van der Waals surface area (Å²) in [6.07, 6.45) is 2.76. The van der Waals surface area contributed by atoms with Crippen LogP contribution in [-0.4, -0.2) is 26.3 Å². The maximum atomic E-state index is 11.1. The molecule has 0 saturated heterocycles. The molecule has 0 heterocycles. The largest absolute Gasteiger partial charge is 0.229 e. The fourth-order valence-corrected chi connectivity index (χ4v) is 2.79. The molecule has 17 heavy (non-hydrogen) atoms. The van der Waals surface area contributed by atoms with Crippen molar-refractivity contribution < 1.29 is 8.42 Å². The summed E-state index contributed by atoms with van der Waals surface area (Å²) in [5, 5.41) is 0. The van der Waals surface area contributed by atoms with E-state index in [0.29, 0.717) is 12.3 Å². The van der Waals surface area contributed by atoms with Crippen LogP contribution in [0.5, 0.6) is 0 Å². The van der Waals surface area contributed by atoms with Gasteiger partial charge in [-0.05, 0) is 36.8 Å². The van der Waals surface area contributed by atoms with E-state index >= 15 is 0 Å². The molecular formula is C13H19ClO2S. The van der Waals surface area contributed by atoms with Crippen molar-refractivity contribution in [1.82, 2.24) is 0 Å². The lowest BCUT2D eigenvalue weighted by Crippen LogP contribution is -2.13. The van der Waals surface area contributed by atoms with Crippen molar-refractivity contribution in [3.63, 3.8) is 0 Å². The highest BCUT2D eigenvalue weighted by Crippen LogP contribution is 2.17. The third-order valence-corrected chi connectivity index (χ3v) is 4.30. The fraction of sp³-hybridized carbons (Fsp3) is 0.538. The van der Waals surface area contributed by atoms with Gasteiger partial charge in [0.15, 0.2) is 0 Å². The lowest BCUT2D eigenvalue weighted by atomic mass is 9.96. The van der Waals surface area contributed by atoms with E-state index in [-0.39, 0.29) is 11.7 Å². The first-order valence-electron chi connectivity index (χ1n) is 5.70. The highest BCUT2D eigenvalue weighted by atomic mass is 35.5. The van der Waals surface area contributed by atoms with Gasteiger partial charge in [0.2, 0.25) is 0 Å². The molecule has 0 N–H and O–H groups in total. The minimum Gasteiger partial charge on any atom is -0.229 e. The second kappa shape index (κ2) is 6.41. The summed E-state index contributed by atoms with van der Waals surface area (Å²) in [4.78, 5) is 0. The first-order valence-corrected chi connectivity index (χ1v) is 8.30. The van der Waals surface area contributed by atoms with Crippen molar-refractivity contribution >= 4 is 21.4 Å². The van der Waals surface area contributed by atoms with Crippen molar-refractivity contribution in [1.29, 1.82) is 0 Å². The van der Waals surface area contributed by atoms with Gasteiger partial charge in [-0.2, -0.15) is 0 Å². The average Bonchev–Trinajstić information content (AvgIpc) is 2.25. The van der Waals surface area contributed by atoms with Crippen molar-refractivity contribution in [2.45, 2.75) is 19.8 Å². The SMILES string of the molecule is Cc1ccccc1CC(CCl)CCS(C)(=O)=O. The molecule has 2 nitrogen and oxygen atoms in total. The van der Waals surface area contributed by atoms with E-state index in [9.17, 15) is 8.42 Å². The Hall–Kier alpha value is -0.540. The van der Waals surface area contributed by atoms with Crippen LogP contribution in [0.2, 0.25) is 0 Å². The topological polar surface area (TPSA) is 34.1 Å². The Balaban J connectivity index is 2.61. The molecule has 0 bridgehead atoms. The molecule has 1 aromatic rings. The van der Waals surface area contributed by atoms with E-state index in [0.717, 1.165) is 6.42 Å². The van der Waals surface area contributed by atoms with Gasteiger partial charge in [0.1, 0.15) is 9.84 Å². The summed E-state index contributed by atoms with van der Waals surface area (Å²) in [7, 11) is -2.89. The van der Waals surface area contributed by atoms with Crippen LogP contribution in [0.15, 0.2) is 24.3 Å². The molecule has 0 saturated carbocycles. The van der Waals surface area contributed by atoms with Gasteiger partial charge in [-0.3, -0.25) is 0 Å². The summed E-state index contributed by atoms with van der Waals surface area (Å²) in [5.74, 6) is 0.952. The fourth-order valence-electron chi connectivity index (χ4n) is 1.76. The van der Waals surface area contributed by atoms with E-state index in [4.69, 9.17) is 11.6 Å². The standard InChI is InChI=1S/C13H19ClO2S/c1-11-5-3-4-6-13(11)9-12(10-14)7-8-17(2,15)16/h3-6,12H,7-10H2,1-2H3. The quantitative estimate of drug-likeness (QED) is 0.748. The normalized spacial score (nSPS) is 13.6. The third-order valence-electron chi connectivity index (χ3n) is 2.88. The van der Waals surface area contributed by atoms with Crippen LogP contribution in [0.4, 0.5) is 0 Å². The number of rotatable bonds is 6. The Morgan fingerprint density at radius 1 is 1.29 bits per heavy atom. The summed E-state index contributed by atoms with van der Waals surface area (Å²) in [5.41, 5.74) is 2.49. The number of hydrogen-bond donors (Lipinski definition) is 0. The van der Waals surface area contributed by atoms with Crippen LogP contribution in [-0.2, 0) is 16.3 Å². The van der Waals surface area contributed by atoms with Crippen molar-refractivity contribution in [2.24, 2.45) is 5.92 Å². The first-order chi connectivity index (χ1) is 7.92. The number of alkyl halides is 1. The second-order valence-electron chi connectivity index (χ2n) is 4.57. The van der Waals surface area contributed by atoms with E-state index in [1.54, 1.807) is 0 Å². The number of sulfone groups is 1. The van der Waals surface area contributed by atoms with Crippen LogP contribution in [0.25, 0.3) is 0 Å². The summed E-state index contributed by atoms with van der Waals surface area (Å²) >= 11 is 5.90. The highest BCUT2D eigenvalue weighted by molar-refractivity contribution is 7.90. The maximum Gasteiger partial charge on any atom is 0.147 e. The zero-order valence-electron chi connectivity index (χ0n) is 10.3. The van der Waals surface area contributed by atoms with Gasteiger partial charge in [-0.1, -0.05) is 24.3 Å². The number of benzene rings is 1. The predicted molar refractivity (Wildman–Crippen MR) is 73.4 cm³/mol. The van der Waals surface area contributed by atoms with E-state index in [2.05, 4.69) is 19.1 Å². The van der Waals surface area contributed by atoms with Crippen molar-refractivity contribution in [3.05, 3.63) is 35.4 Å². The van der Waals surface area contributed by atoms with Crippen molar-refractivity contribution in [2.75, 3.05) is 17.9 Å². The van der Waals surface area contributed by atoms with Crippen LogP contribution in [0.3, 0.4) is 0 Å². The Kier molecular flexibility index (Phi) is 5.47. The molecule has 4 heteroatoms. The Bertz CT molecular complexity index is 454. The van der Waals surface area contributed by atoms with E-state index in [1.807, 2.05) is 12.1 Å². The third kappa shape index (κ3) is 5.55. The molecule has 0 spiro atoms. The van der Waals surface area contributed by atoms with Gasteiger partial charge >= 0.3 is 0 Å². The molecule has 1 rings (SSSR count). The van der Waals surface area contributed by atoms with Gasteiger partial charge in [-0.25, -0.2) is 8.42 Å². The lowest BCUT2D eigenvalue weighted by molar-refractivity contribution is 0.549. The first kappa shape index (κ1) is 14.5. The zero-order chi connectivity index (χ0) is 12.9. The number of hydrogen-bond acceptors (Lipinski definition) is 2. The Morgan fingerprint density at radius 3 is 2.47 bits per heavy atom. The zero-order valence-corrected chi connectivity index (χ0v) is 11.9. The summed E-state index contributed by atoms with van der Waals surface area (Å²) in [6, 6.07) is 8.15. The van der Waals surface area contributed by atoms with Crippen LogP contribution in [0.1, 0.15) is 17.5 Å². The second-order valence-corrected chi connectivity index (χ2v) is 7.14. The molecule has 1 atom stereocenters.